The molecule has 71 heavy (non-hydrogen) atoms. The van der Waals surface area contributed by atoms with Gasteiger partial charge in [0.15, 0.2) is 0 Å². The first-order valence-corrected chi connectivity index (χ1v) is 24.5. The first-order valence-electron chi connectivity index (χ1n) is 24.5. The van der Waals surface area contributed by atoms with Crippen LogP contribution in [0, 0.1) is 0 Å². The first-order chi connectivity index (χ1) is 35.3. The third-order valence-electron chi connectivity index (χ3n) is 15.8. The van der Waals surface area contributed by atoms with E-state index in [9.17, 15) is 0 Å². The minimum Gasteiger partial charge on any atom is -0.309 e. The molecule has 0 bridgehead atoms. The maximum atomic E-state index is 2.52. The van der Waals surface area contributed by atoms with Crippen molar-refractivity contribution in [3.05, 3.63) is 237 Å². The summed E-state index contributed by atoms with van der Waals surface area (Å²) in [5.74, 6) is 0. The molecule has 328 valence electrons. The Morgan fingerprint density at radius 3 is 1.00 bits per heavy atom. The molecular formula is C66H39N5. The summed E-state index contributed by atoms with van der Waals surface area (Å²) in [4.78, 5) is 0. The van der Waals surface area contributed by atoms with Gasteiger partial charge in [0.25, 0.3) is 0 Å². The molecule has 5 heteroatoms. The second-order valence-corrected chi connectivity index (χ2v) is 19.3. The Balaban J connectivity index is 0.938. The molecule has 0 aliphatic heterocycles. The van der Waals surface area contributed by atoms with Crippen LogP contribution in [0.15, 0.2) is 237 Å². The van der Waals surface area contributed by atoms with Gasteiger partial charge in [-0.15, -0.1) is 0 Å². The Kier molecular flexibility index (Phi) is 7.15. The first kappa shape index (κ1) is 37.4. The van der Waals surface area contributed by atoms with Crippen LogP contribution >= 0.6 is 0 Å². The minimum absolute atomic E-state index is 1.15. The Labute approximate surface area is 405 Å². The molecule has 0 spiro atoms. The second-order valence-electron chi connectivity index (χ2n) is 19.3. The van der Waals surface area contributed by atoms with Gasteiger partial charge in [-0.25, -0.2) is 0 Å². The van der Waals surface area contributed by atoms with Gasteiger partial charge in [-0.05, 0) is 103 Å². The molecule has 0 unspecified atom stereocenters. The van der Waals surface area contributed by atoms with Gasteiger partial charge in [0.05, 0.1) is 66.4 Å². The number of para-hydroxylation sites is 7. The molecule has 5 nitrogen and oxygen atoms in total. The van der Waals surface area contributed by atoms with E-state index in [-0.39, 0.29) is 0 Å². The molecule has 0 amide bonds. The lowest BCUT2D eigenvalue weighted by atomic mass is 10.0. The average molecular weight is 902 g/mol. The summed E-state index contributed by atoms with van der Waals surface area (Å²) >= 11 is 0. The van der Waals surface area contributed by atoms with Gasteiger partial charge in [0.2, 0.25) is 0 Å². The van der Waals surface area contributed by atoms with Crippen LogP contribution in [0.3, 0.4) is 0 Å². The predicted octanol–water partition coefficient (Wildman–Crippen LogP) is 17.2. The van der Waals surface area contributed by atoms with E-state index in [4.69, 9.17) is 0 Å². The second kappa shape index (κ2) is 13.6. The highest BCUT2D eigenvalue weighted by Crippen LogP contribution is 2.46. The van der Waals surface area contributed by atoms with Gasteiger partial charge < -0.3 is 22.7 Å². The zero-order valence-corrected chi connectivity index (χ0v) is 38.3. The van der Waals surface area contributed by atoms with Crippen molar-refractivity contribution >= 4 is 125 Å². The van der Waals surface area contributed by atoms with Crippen molar-refractivity contribution in [3.63, 3.8) is 0 Å². The standard InChI is InChI=1S/C66H39N5/c1-8-23-54-43(16-1)44-17-2-9-24-55(44)67(54)40-32-34-61-50(36-40)47-20-5-12-27-58(47)69(61)42-38-52-49-22-7-14-29-60(49)71-64-31-15-30-63(65(64)53(39-42)66(52)71)70-59-28-13-6-21-48(59)51-37-41(33-35-62(51)70)68-56-25-10-3-18-45(56)46-19-4-11-26-57(46)68/h1-39H. The number of nitrogens with zero attached hydrogens (tertiary/aromatic N) is 5. The predicted molar refractivity (Wildman–Crippen MR) is 298 cm³/mol. The normalized spacial score (nSPS) is 12.5. The number of hydrogen-bond acceptors (Lipinski definition) is 0. The van der Waals surface area contributed by atoms with E-state index in [1.165, 1.54) is 131 Å². The number of benzene rings is 11. The van der Waals surface area contributed by atoms with Crippen LogP contribution in [0.1, 0.15) is 0 Å². The van der Waals surface area contributed by atoms with Gasteiger partial charge in [0, 0.05) is 81.7 Å². The molecule has 17 rings (SSSR count). The molecule has 0 radical (unpaired) electrons. The van der Waals surface area contributed by atoms with Crippen molar-refractivity contribution in [2.75, 3.05) is 0 Å². The molecule has 17 aromatic rings. The molecule has 0 saturated heterocycles. The summed E-state index contributed by atoms with van der Waals surface area (Å²) in [6.07, 6.45) is 0. The molecule has 0 N–H and O–H groups in total. The van der Waals surface area contributed by atoms with Crippen molar-refractivity contribution in [1.29, 1.82) is 0 Å². The van der Waals surface area contributed by atoms with Crippen molar-refractivity contribution in [3.8, 4) is 22.7 Å². The summed E-state index contributed by atoms with van der Waals surface area (Å²) in [6, 6.07) is 87.8. The lowest BCUT2D eigenvalue weighted by Crippen LogP contribution is -1.97. The summed E-state index contributed by atoms with van der Waals surface area (Å²) in [5.41, 5.74) is 17.9. The van der Waals surface area contributed by atoms with E-state index in [1.54, 1.807) is 0 Å². The van der Waals surface area contributed by atoms with E-state index in [2.05, 4.69) is 259 Å². The molecule has 0 fully saturated rings. The fourth-order valence-electron chi connectivity index (χ4n) is 13.0. The molecule has 11 aromatic carbocycles. The van der Waals surface area contributed by atoms with Gasteiger partial charge in [-0.1, -0.05) is 133 Å². The average Bonchev–Trinajstić information content (AvgIpc) is 4.27. The number of rotatable bonds is 4. The van der Waals surface area contributed by atoms with Crippen LogP contribution in [0.25, 0.3) is 148 Å². The van der Waals surface area contributed by atoms with Crippen LogP contribution in [0.5, 0.6) is 0 Å². The summed E-state index contributed by atoms with van der Waals surface area (Å²) < 4.78 is 12.4. The van der Waals surface area contributed by atoms with Crippen molar-refractivity contribution < 1.29 is 0 Å². The van der Waals surface area contributed by atoms with E-state index < -0.39 is 0 Å². The maximum Gasteiger partial charge on any atom is 0.0622 e. The lowest BCUT2D eigenvalue weighted by Gasteiger charge is -2.13. The smallest absolute Gasteiger partial charge is 0.0622 e. The fourth-order valence-corrected chi connectivity index (χ4v) is 13.0. The van der Waals surface area contributed by atoms with Crippen LogP contribution in [-0.2, 0) is 0 Å². The molecule has 6 heterocycles. The maximum absolute atomic E-state index is 2.52. The molecular weight excluding hydrogens is 863 g/mol. The highest BCUT2D eigenvalue weighted by molar-refractivity contribution is 6.27. The lowest BCUT2D eigenvalue weighted by molar-refractivity contribution is 1.17. The molecule has 0 aliphatic rings. The third kappa shape index (κ3) is 4.79. The SMILES string of the molecule is c1ccc2c(c1)c1ccccc1n2-c1ccc2c(c1)c1ccccc1n2-c1cc2c3ccccc3n3c4cccc(-n5c6ccccc6c6cc(-n7c8ccccc8c8ccccc87)ccc65)c4c(c1)c23. The van der Waals surface area contributed by atoms with E-state index in [1.807, 2.05) is 0 Å². The molecule has 0 atom stereocenters. The Hall–Kier alpha value is -9.58. The number of aromatic nitrogens is 5. The van der Waals surface area contributed by atoms with E-state index in [0.717, 1.165) is 17.1 Å². The van der Waals surface area contributed by atoms with Gasteiger partial charge in [-0.3, -0.25) is 0 Å². The zero-order chi connectivity index (χ0) is 46.1. The summed E-state index contributed by atoms with van der Waals surface area (Å²) in [5, 5.41) is 15.0. The Bertz CT molecular complexity index is 5020. The fraction of sp³-hybridized carbons (Fsp3) is 0. The van der Waals surface area contributed by atoms with E-state index >= 15 is 0 Å². The van der Waals surface area contributed by atoms with Gasteiger partial charge in [0.1, 0.15) is 0 Å². The molecule has 0 aliphatic carbocycles. The van der Waals surface area contributed by atoms with Crippen LogP contribution in [0.2, 0.25) is 0 Å². The largest absolute Gasteiger partial charge is 0.309 e. The number of hydrogen-bond donors (Lipinski definition) is 0. The molecule has 0 saturated carbocycles. The van der Waals surface area contributed by atoms with Crippen LogP contribution < -0.4 is 0 Å². The zero-order valence-electron chi connectivity index (χ0n) is 38.3. The quantitative estimate of drug-likeness (QED) is 0.168. The van der Waals surface area contributed by atoms with Crippen molar-refractivity contribution in [1.82, 2.24) is 22.7 Å². The Morgan fingerprint density at radius 1 is 0.197 bits per heavy atom. The highest BCUT2D eigenvalue weighted by atomic mass is 15.0. The molecule has 6 aromatic heterocycles. The monoisotopic (exact) mass is 901 g/mol. The van der Waals surface area contributed by atoms with E-state index in [0.29, 0.717) is 0 Å². The van der Waals surface area contributed by atoms with Crippen LogP contribution in [-0.4, -0.2) is 22.7 Å². The van der Waals surface area contributed by atoms with Crippen molar-refractivity contribution in [2.24, 2.45) is 0 Å². The minimum atomic E-state index is 1.15. The Morgan fingerprint density at radius 2 is 0.521 bits per heavy atom. The highest BCUT2D eigenvalue weighted by Gasteiger charge is 2.25. The van der Waals surface area contributed by atoms with Gasteiger partial charge in [-0.2, -0.15) is 0 Å². The third-order valence-corrected chi connectivity index (χ3v) is 15.8. The topological polar surface area (TPSA) is 24.1 Å². The summed E-state index contributed by atoms with van der Waals surface area (Å²) in [7, 11) is 0. The number of fused-ring (bicyclic) bond motifs is 18. The summed E-state index contributed by atoms with van der Waals surface area (Å²) in [6.45, 7) is 0. The van der Waals surface area contributed by atoms with Crippen LogP contribution in [0.4, 0.5) is 0 Å². The van der Waals surface area contributed by atoms with Crippen molar-refractivity contribution in [2.45, 2.75) is 0 Å². The van der Waals surface area contributed by atoms with Gasteiger partial charge >= 0.3 is 0 Å².